The summed E-state index contributed by atoms with van der Waals surface area (Å²) < 4.78 is 131. The van der Waals surface area contributed by atoms with Crippen molar-refractivity contribution in [1.82, 2.24) is 0 Å². The van der Waals surface area contributed by atoms with Crippen LogP contribution in [-0.2, 0) is 65.1 Å². The van der Waals surface area contributed by atoms with E-state index in [1.54, 1.807) is 6.08 Å². The second kappa shape index (κ2) is 49.1. The van der Waals surface area contributed by atoms with Gasteiger partial charge in [0.1, 0.15) is 32.3 Å². The Balaban J connectivity index is 0.000000329. The molecule has 15 rings (SSSR count). The smallest absolute Gasteiger partial charge is 1.00 e. The minimum absolute atomic E-state index is 0. The first-order chi connectivity index (χ1) is 59.5. The molecule has 21 atom stereocenters. The van der Waals surface area contributed by atoms with Crippen LogP contribution < -0.4 is 137 Å². The van der Waals surface area contributed by atoms with Crippen molar-refractivity contribution < 1.29 is 213 Å². The van der Waals surface area contributed by atoms with Crippen LogP contribution in [0.4, 0.5) is 26.7 Å². The molecule has 0 radical (unpaired) electrons. The average Bonchev–Trinajstić information content (AvgIpc) is 1.04. The average molecular weight is 2020 g/mol. The number of fused-ring (bicyclic) bond motifs is 14. The zero-order chi connectivity index (χ0) is 95.6. The van der Waals surface area contributed by atoms with Crippen molar-refractivity contribution >= 4 is 130 Å². The van der Waals surface area contributed by atoms with Crippen molar-refractivity contribution in [3.8, 4) is 0 Å². The second-order valence-corrected chi connectivity index (χ2v) is 46.1. The summed E-state index contributed by atoms with van der Waals surface area (Å²) >= 11 is 12.6. The molecule has 19 nitrogen and oxygen atoms in total. The number of alkyl halides is 7. The Kier molecular flexibility index (Phi) is 46.2. The van der Waals surface area contributed by atoms with E-state index >= 15 is 0 Å². The summed E-state index contributed by atoms with van der Waals surface area (Å²) in [6.07, 6.45) is 29.1. The van der Waals surface area contributed by atoms with Gasteiger partial charge < -0.3 is 65.1 Å². The summed E-state index contributed by atoms with van der Waals surface area (Å²) in [4.78, 5) is 43.2. The molecule has 34 heteroatoms. The molecule has 0 spiro atoms. The summed E-state index contributed by atoms with van der Waals surface area (Å²) in [5.41, 5.74) is 14.2. The molecule has 0 bridgehead atoms. The molecule has 1 saturated heterocycles. The van der Waals surface area contributed by atoms with Gasteiger partial charge in [0, 0.05) is 28.3 Å². The molecule has 2 aromatic carbocycles. The van der Waals surface area contributed by atoms with Crippen LogP contribution in [0.25, 0.3) is 0 Å². The van der Waals surface area contributed by atoms with Crippen molar-refractivity contribution in [2.75, 3.05) is 25.1 Å². The van der Waals surface area contributed by atoms with Crippen LogP contribution in [0, 0.1) is 113 Å². The van der Waals surface area contributed by atoms with E-state index in [-0.39, 0.29) is 179 Å². The molecule has 0 amide bonds. The van der Waals surface area contributed by atoms with Crippen LogP contribution in [0.2, 0.25) is 0 Å². The summed E-state index contributed by atoms with van der Waals surface area (Å²) in [7, 11) is -9.29. The fourth-order valence-electron chi connectivity index (χ4n) is 28.2. The first-order valence-corrected chi connectivity index (χ1v) is 66.1. The summed E-state index contributed by atoms with van der Waals surface area (Å²) in [6, 6.07) is 19.1. The van der Waals surface area contributed by atoms with Crippen molar-refractivity contribution in [2.24, 2.45) is 125 Å². The number of carboxylic acid groups (broad SMARTS) is 2. The number of carbonyl (C=O) groups excluding carboxylic acids is 2. The Labute approximate surface area is 927 Å². The van der Waals surface area contributed by atoms with Crippen LogP contribution in [0.15, 0.2) is 132 Å². The molecular formula is C98H143BCl2F5K3N2Na2O17PS+. The van der Waals surface area contributed by atoms with Crippen LogP contribution in [-0.4, -0.2) is 160 Å². The molecule has 0 aromatic heterocycles. The Morgan fingerprint density at radius 1 is 0.576 bits per heavy atom. The van der Waals surface area contributed by atoms with Gasteiger partial charge in [0.15, 0.2) is 0 Å². The molecule has 12 aliphatic carbocycles. The SMILES string of the molecule is C=C(C)C1CC[C@]2(N)CC[C@]3(C)[C@H](CC[C@@H]4[C@@]5(C)CC=C(C6=CC[C@@](CF)(C(=O)OCc7ccccc7)CC6)C(C)(C)[C@@H]5CC[C@]43C)[C@@H]12.C=C(C)[C@@H]1CC[C@]2(N)CC[C@]3(C)[C@H](CC[C@@H]4[C@@]5(C)CC=C(OS(=O)(=O)C(F)(F)F)C(C)(C)[C@@H]5CC[C@]43C)[C@@H]12.CC1(C)OB(C2=CC[C@@](CF)(C(=O)OCc3ccccc3)CC2)OC1(C)C.ClCCCl.O.O=C([O-])O.O=[P+]([O-])O[O-].[K+].[K][K].[Na+].[Na+]. The Morgan fingerprint density at radius 3 is 1.30 bits per heavy atom. The van der Waals surface area contributed by atoms with E-state index in [0.29, 0.717) is 114 Å². The van der Waals surface area contributed by atoms with Crippen LogP contribution >= 0.6 is 31.5 Å². The van der Waals surface area contributed by atoms with Gasteiger partial charge in [-0.15, -0.1) is 23.2 Å². The quantitative estimate of drug-likeness (QED) is 0.0134. The number of hydrogen-bond donors (Lipinski definition) is 3. The summed E-state index contributed by atoms with van der Waals surface area (Å²) in [5, 5.41) is 23.8. The number of nitrogens with two attached hydrogens (primary N) is 2. The Hall–Kier alpha value is 1.82. The third-order valence-corrected chi connectivity index (χ3v) is 37.6. The van der Waals surface area contributed by atoms with Gasteiger partial charge >= 0.3 is 217 Å². The number of hydrogen-bond acceptors (Lipinski definition) is 17. The van der Waals surface area contributed by atoms with E-state index in [9.17, 15) is 40.0 Å². The van der Waals surface area contributed by atoms with Crippen molar-refractivity contribution in [1.29, 1.82) is 0 Å². The fourth-order valence-corrected chi connectivity index (χ4v) is 28.8. The van der Waals surface area contributed by atoms with Gasteiger partial charge in [0.05, 0.1) is 22.0 Å². The molecule has 7 N–H and O–H groups in total. The van der Waals surface area contributed by atoms with Gasteiger partial charge in [-0.05, 0) is 331 Å². The first-order valence-electron chi connectivity index (χ1n) is 46.6. The molecule has 2 aromatic rings. The normalized spacial score (nSPS) is 36.4. The zero-order valence-electron chi connectivity index (χ0n) is 82.8. The molecule has 132 heavy (non-hydrogen) atoms. The Bertz CT molecular complexity index is 4550. The first kappa shape index (κ1) is 124. The number of rotatable bonds is 16. The number of halogens is 7. The largest absolute Gasteiger partial charge is 1.00 e. The van der Waals surface area contributed by atoms with E-state index in [1.807, 2.05) is 108 Å². The predicted octanol–water partition coefficient (Wildman–Crippen LogP) is 10.9. The Morgan fingerprint density at radius 2 is 0.955 bits per heavy atom. The molecule has 9 fully saturated rings. The molecule has 1 aliphatic heterocycles. The minimum atomic E-state index is -5.70. The third kappa shape index (κ3) is 25.1. The maximum Gasteiger partial charge on any atom is 1.00 e. The molecule has 13 aliphatic rings. The molecule has 1 heterocycles. The summed E-state index contributed by atoms with van der Waals surface area (Å²) in [5.74, 6) is 5.21. The van der Waals surface area contributed by atoms with Crippen LogP contribution in [0.1, 0.15) is 276 Å². The molecule has 2 unspecified atom stereocenters. The van der Waals surface area contributed by atoms with E-state index in [4.69, 9.17) is 87.4 Å². The third-order valence-electron chi connectivity index (χ3n) is 35.9. The number of allylic oxidation sites excluding steroid dienone is 10. The zero-order valence-corrected chi connectivity index (χ0v) is 99.4. The number of ether oxygens (including phenoxy) is 2. The van der Waals surface area contributed by atoms with E-state index in [0.717, 1.165) is 80.8 Å². The second-order valence-electron chi connectivity index (χ2n) is 43.3. The van der Waals surface area contributed by atoms with Crippen molar-refractivity contribution in [2.45, 2.75) is 306 Å². The summed E-state index contributed by atoms with van der Waals surface area (Å²) in [6.45, 7) is 44.3. The minimum Gasteiger partial charge on any atom is 1.00 e. The van der Waals surface area contributed by atoms with Gasteiger partial charge in [-0.25, -0.2) is 13.5 Å². The van der Waals surface area contributed by atoms with Crippen molar-refractivity contribution in [3.05, 3.63) is 143 Å². The van der Waals surface area contributed by atoms with Gasteiger partial charge in [0.2, 0.25) is 6.16 Å². The topological polar surface area (TPSA) is 331 Å². The molecule has 714 valence electrons. The number of esters is 2. The number of carbonyl (C=O) groups is 3. The van der Waals surface area contributed by atoms with Gasteiger partial charge in [-0.3, -0.25) is 9.59 Å². The maximum atomic E-state index is 14.6. The molecular weight excluding hydrogens is 1880 g/mol. The fraction of sp³-hybridized carbons (Fsp3) is 0.724. The maximum absolute atomic E-state index is 14.6. The molecule has 8 saturated carbocycles. The predicted molar refractivity (Wildman–Crippen MR) is 492 cm³/mol. The van der Waals surface area contributed by atoms with E-state index < -0.39 is 89.9 Å². The van der Waals surface area contributed by atoms with Crippen LogP contribution in [0.3, 0.4) is 0 Å². The van der Waals surface area contributed by atoms with E-state index in [1.165, 1.54) is 137 Å². The number of benzene rings is 2. The van der Waals surface area contributed by atoms with Gasteiger partial charge in [-0.1, -0.05) is 172 Å². The standard InChI is InChI=1S/C44H62FNO2.C30H46F3NO3S.C21H28BFO4.C2H4Cl2.CH2O3.3K.2Na.HO4P.H2O/c1-29(2)32-17-24-44(46)26-25-41(6)34(37(32)44)13-14-36-40(5)20-18-33(39(3,4)35(40)19-21-42(36,41)7)31-15-22-43(28-45,23-16-31)38(47)48-27-30-11-9-8-10-12-30;1-18(2)19-10-15-29(34)17-16-27(6)20(24(19)29)8-9-22-26(5)13-12-23(37-38(35,36)30(31,32)33)25(3,4)21(26)11-14-28(22,27)7;1-19(2)20(3,4)27-22(26-19)17-10-12-21(15-23,13-11-17)18(24)25-14-16-8-6-5-7-9-16;3-1-2-4;2-1(3)4;;;;;;1-4-5(2)3;/h8-12,15,18,32,34-37H,1,13-14,16-17,19-28,46H2,2-7H3;12,19-22,24H,1,8-11,13-17,34H2,2-7H3;5-10H,11-15H2,1-4H3;1-2H2;(H2,2,3,4);;;;;;1H;1H2/q;;;;;;;3*+1;;/p-2/t32?,34-,35+,36-,37-,40+,41-,42-,43-,44+;19-,20+,21-,22+,24+,26-,27+,28+,29-;21-;;;;;;;;;/m101........./s1. The van der Waals surface area contributed by atoms with Crippen LogP contribution in [0.5, 0.6) is 0 Å². The van der Waals surface area contributed by atoms with Gasteiger partial charge in [0.25, 0.3) is 0 Å². The van der Waals surface area contributed by atoms with E-state index in [2.05, 4.69) is 99.2 Å². The van der Waals surface area contributed by atoms with Gasteiger partial charge in [-0.2, -0.15) is 21.6 Å². The monoisotopic (exact) mass is 2020 g/mol. The van der Waals surface area contributed by atoms with Crippen molar-refractivity contribution in [3.63, 3.8) is 0 Å².